The van der Waals surface area contributed by atoms with Crippen molar-refractivity contribution >= 4 is 33.3 Å². The maximum absolute atomic E-state index is 12.0. The van der Waals surface area contributed by atoms with Gasteiger partial charge in [-0.1, -0.05) is 0 Å². The molecule has 1 aromatic rings. The number of halogens is 1. The largest absolute Gasteiger partial charge is 0.495 e. The summed E-state index contributed by atoms with van der Waals surface area (Å²) < 4.78 is 5.75. The molecule has 0 aliphatic heterocycles. The van der Waals surface area contributed by atoms with Gasteiger partial charge in [0, 0.05) is 17.8 Å². The highest BCUT2D eigenvalue weighted by molar-refractivity contribution is 9.10. The summed E-state index contributed by atoms with van der Waals surface area (Å²) in [6.45, 7) is 1.62. The molecule has 0 aliphatic carbocycles. The highest BCUT2D eigenvalue weighted by Gasteiger charge is 2.19. The summed E-state index contributed by atoms with van der Waals surface area (Å²) in [5.41, 5.74) is 6.14. The van der Waals surface area contributed by atoms with Crippen LogP contribution in [0.4, 0.5) is 5.69 Å². The number of benzene rings is 1. The van der Waals surface area contributed by atoms with E-state index in [1.807, 2.05) is 0 Å². The second-order valence-electron chi connectivity index (χ2n) is 3.64. The molecule has 0 radical (unpaired) electrons. The summed E-state index contributed by atoms with van der Waals surface area (Å²) >= 11 is 3.30. The number of hydrogen-bond acceptors (Lipinski definition) is 4. The van der Waals surface area contributed by atoms with Crippen LogP contribution in [0.1, 0.15) is 23.7 Å². The third-order valence-electron chi connectivity index (χ3n) is 2.29. The molecule has 0 saturated heterocycles. The minimum Gasteiger partial charge on any atom is -0.495 e. The van der Waals surface area contributed by atoms with E-state index in [2.05, 4.69) is 21.2 Å². The van der Waals surface area contributed by atoms with E-state index in [4.69, 9.17) is 10.5 Å². The lowest BCUT2D eigenvalue weighted by atomic mass is 10.0. The van der Waals surface area contributed by atoms with Gasteiger partial charge in [-0.2, -0.15) is 0 Å². The van der Waals surface area contributed by atoms with Crippen molar-refractivity contribution in [3.63, 3.8) is 0 Å². The van der Waals surface area contributed by atoms with Gasteiger partial charge in [0.05, 0.1) is 18.4 Å². The Morgan fingerprint density at radius 1 is 1.44 bits per heavy atom. The fraction of sp³-hybridized carbons (Fsp3) is 0.333. The Kier molecular flexibility index (Phi) is 5.30. The van der Waals surface area contributed by atoms with Crippen LogP contribution in [0.3, 0.4) is 0 Å². The molecule has 1 amide bonds. The van der Waals surface area contributed by atoms with Gasteiger partial charge in [-0.25, -0.2) is 0 Å². The van der Waals surface area contributed by atoms with Crippen molar-refractivity contribution in [2.24, 2.45) is 5.73 Å². The van der Waals surface area contributed by atoms with Gasteiger partial charge in [0.25, 0.3) is 0 Å². The predicted octanol–water partition coefficient (Wildman–Crippen LogP) is 1.95. The minimum atomic E-state index is -0.270. The molecule has 6 heteroatoms. The van der Waals surface area contributed by atoms with Crippen LogP contribution in [-0.4, -0.2) is 25.3 Å². The Bertz CT molecular complexity index is 475. The first-order valence-electron chi connectivity index (χ1n) is 5.38. The Balaban J connectivity index is 3.35. The molecular weight excluding hydrogens is 300 g/mol. The number of methoxy groups -OCH3 is 1. The van der Waals surface area contributed by atoms with Crippen LogP contribution < -0.4 is 15.8 Å². The first-order chi connectivity index (χ1) is 8.51. The smallest absolute Gasteiger partial charge is 0.221 e. The molecule has 18 heavy (non-hydrogen) atoms. The van der Waals surface area contributed by atoms with E-state index in [0.29, 0.717) is 21.5 Å². The van der Waals surface area contributed by atoms with Crippen molar-refractivity contribution < 1.29 is 14.3 Å². The van der Waals surface area contributed by atoms with Crippen molar-refractivity contribution in [3.05, 3.63) is 22.2 Å². The number of anilines is 1. The molecule has 0 bridgehead atoms. The summed E-state index contributed by atoms with van der Waals surface area (Å²) in [5, 5.41) is 2.62. The van der Waals surface area contributed by atoms with Crippen LogP contribution in [-0.2, 0) is 4.79 Å². The summed E-state index contributed by atoms with van der Waals surface area (Å²) in [4.78, 5) is 23.2. The summed E-state index contributed by atoms with van der Waals surface area (Å²) in [5.74, 6) is 0.0222. The maximum atomic E-state index is 12.0. The molecular formula is C12H15BrN2O3. The van der Waals surface area contributed by atoms with Crippen LogP contribution in [0.25, 0.3) is 0 Å². The van der Waals surface area contributed by atoms with Gasteiger partial charge in [0.2, 0.25) is 5.91 Å². The van der Waals surface area contributed by atoms with Crippen LogP contribution in [0.5, 0.6) is 5.75 Å². The summed E-state index contributed by atoms with van der Waals surface area (Å²) in [6, 6.07) is 3.38. The van der Waals surface area contributed by atoms with E-state index in [9.17, 15) is 9.59 Å². The van der Waals surface area contributed by atoms with Gasteiger partial charge < -0.3 is 15.8 Å². The number of ketones is 1. The summed E-state index contributed by atoms with van der Waals surface area (Å²) in [6.07, 6.45) is 0.207. The third kappa shape index (κ3) is 3.30. The van der Waals surface area contributed by atoms with E-state index in [0.717, 1.165) is 0 Å². The van der Waals surface area contributed by atoms with E-state index >= 15 is 0 Å². The molecule has 0 aromatic heterocycles. The highest BCUT2D eigenvalue weighted by atomic mass is 79.9. The van der Waals surface area contributed by atoms with Crippen molar-refractivity contribution in [2.45, 2.75) is 13.3 Å². The van der Waals surface area contributed by atoms with Gasteiger partial charge in [-0.15, -0.1) is 0 Å². The van der Waals surface area contributed by atoms with E-state index in [1.54, 1.807) is 12.1 Å². The lowest BCUT2D eigenvalue weighted by Gasteiger charge is -2.14. The number of carbonyl (C=O) groups excluding carboxylic acids is 2. The van der Waals surface area contributed by atoms with E-state index in [1.165, 1.54) is 14.0 Å². The van der Waals surface area contributed by atoms with Crippen molar-refractivity contribution in [1.29, 1.82) is 0 Å². The molecule has 0 saturated carbocycles. The molecule has 0 unspecified atom stereocenters. The molecule has 0 fully saturated rings. The Morgan fingerprint density at radius 3 is 2.61 bits per heavy atom. The van der Waals surface area contributed by atoms with E-state index in [-0.39, 0.29) is 24.7 Å². The van der Waals surface area contributed by atoms with Crippen molar-refractivity contribution in [1.82, 2.24) is 0 Å². The van der Waals surface area contributed by atoms with Gasteiger partial charge in [-0.3, -0.25) is 9.59 Å². The second-order valence-corrected chi connectivity index (χ2v) is 4.50. The molecule has 0 spiro atoms. The van der Waals surface area contributed by atoms with Crippen LogP contribution in [0, 0.1) is 0 Å². The van der Waals surface area contributed by atoms with Gasteiger partial charge in [0.15, 0.2) is 5.78 Å². The molecule has 0 atom stereocenters. The normalized spacial score (nSPS) is 10.0. The maximum Gasteiger partial charge on any atom is 0.221 e. The monoisotopic (exact) mass is 314 g/mol. The van der Waals surface area contributed by atoms with Crippen LogP contribution in [0.15, 0.2) is 16.6 Å². The lowest BCUT2D eigenvalue weighted by Crippen LogP contribution is -2.15. The molecule has 98 valence electrons. The number of Topliss-reactive ketones (excluding diaryl/α,β-unsaturated/α-hetero) is 1. The third-order valence-corrected chi connectivity index (χ3v) is 2.95. The van der Waals surface area contributed by atoms with Crippen molar-refractivity contribution in [3.8, 4) is 5.75 Å². The zero-order valence-electron chi connectivity index (χ0n) is 10.2. The first kappa shape index (κ1) is 14.7. The van der Waals surface area contributed by atoms with Gasteiger partial charge in [0.1, 0.15) is 5.75 Å². The Morgan fingerprint density at radius 2 is 2.11 bits per heavy atom. The standard InChI is InChI=1S/C12H15BrN2O3/c1-7(16)15-12-10(18-2)4-3-8(13)11(12)9(17)5-6-14/h3-4H,5-6,14H2,1-2H3,(H,15,16). The average Bonchev–Trinajstić information content (AvgIpc) is 2.29. The zero-order chi connectivity index (χ0) is 13.7. The summed E-state index contributed by atoms with van der Waals surface area (Å²) in [7, 11) is 1.48. The molecule has 5 nitrogen and oxygen atoms in total. The predicted molar refractivity (Wildman–Crippen MR) is 73.0 cm³/mol. The molecule has 3 N–H and O–H groups in total. The lowest BCUT2D eigenvalue weighted by molar-refractivity contribution is -0.114. The Hall–Kier alpha value is -1.40. The SMILES string of the molecule is COc1ccc(Br)c(C(=O)CCN)c1NC(C)=O. The molecule has 0 heterocycles. The molecule has 0 aliphatic rings. The number of carbonyl (C=O) groups is 2. The number of rotatable bonds is 5. The van der Waals surface area contributed by atoms with Gasteiger partial charge >= 0.3 is 0 Å². The average molecular weight is 315 g/mol. The quantitative estimate of drug-likeness (QED) is 0.814. The van der Waals surface area contributed by atoms with Crippen molar-refractivity contribution in [2.75, 3.05) is 19.0 Å². The van der Waals surface area contributed by atoms with Crippen LogP contribution >= 0.6 is 15.9 Å². The highest BCUT2D eigenvalue weighted by Crippen LogP contribution is 2.34. The van der Waals surface area contributed by atoms with Crippen LogP contribution in [0.2, 0.25) is 0 Å². The van der Waals surface area contributed by atoms with Gasteiger partial charge in [-0.05, 0) is 34.6 Å². The topological polar surface area (TPSA) is 81.4 Å². The first-order valence-corrected chi connectivity index (χ1v) is 6.18. The molecule has 1 rings (SSSR count). The number of nitrogens with two attached hydrogens (primary N) is 1. The second kappa shape index (κ2) is 6.51. The zero-order valence-corrected chi connectivity index (χ0v) is 11.8. The number of hydrogen-bond donors (Lipinski definition) is 2. The minimum absolute atomic E-state index is 0.146. The number of amides is 1. The Labute approximate surface area is 114 Å². The fourth-order valence-electron chi connectivity index (χ4n) is 1.56. The molecule has 1 aromatic carbocycles. The van der Waals surface area contributed by atoms with E-state index < -0.39 is 0 Å². The fourth-order valence-corrected chi connectivity index (χ4v) is 2.11. The number of ether oxygens (including phenoxy) is 1. The number of nitrogens with one attached hydrogen (secondary N) is 1.